The van der Waals surface area contributed by atoms with Gasteiger partial charge in [-0.25, -0.2) is 0 Å². The van der Waals surface area contributed by atoms with E-state index in [-0.39, 0.29) is 6.04 Å². The van der Waals surface area contributed by atoms with Crippen LogP contribution in [0.25, 0.3) is 11.4 Å². The van der Waals surface area contributed by atoms with Crippen LogP contribution in [0.3, 0.4) is 0 Å². The fraction of sp³-hybridized carbons (Fsp3) is 0.143. The summed E-state index contributed by atoms with van der Waals surface area (Å²) in [5.41, 5.74) is 8.18. The molecule has 0 radical (unpaired) electrons. The smallest absolute Gasteiger partial charge is 0.228 e. The maximum Gasteiger partial charge on any atom is 0.228 e. The Kier molecular flexibility index (Phi) is 3.39. The molecule has 4 nitrogen and oxygen atoms in total. The van der Waals surface area contributed by atoms with E-state index in [2.05, 4.69) is 10.1 Å². The molecule has 0 amide bonds. The summed E-state index contributed by atoms with van der Waals surface area (Å²) in [6, 6.07) is 11.8. The highest BCUT2D eigenvalue weighted by Gasteiger charge is 2.13. The summed E-state index contributed by atoms with van der Waals surface area (Å²) in [5.74, 6) is 1.19. The molecule has 0 aliphatic rings. The van der Waals surface area contributed by atoms with E-state index in [1.54, 1.807) is 11.3 Å². The van der Waals surface area contributed by atoms with E-state index in [0.29, 0.717) is 18.1 Å². The van der Waals surface area contributed by atoms with E-state index in [1.165, 1.54) is 0 Å². The van der Waals surface area contributed by atoms with Crippen LogP contribution in [0.15, 0.2) is 51.7 Å². The van der Waals surface area contributed by atoms with Crippen LogP contribution in [0.1, 0.15) is 17.5 Å². The van der Waals surface area contributed by atoms with Crippen LogP contribution < -0.4 is 5.73 Å². The second-order valence-electron chi connectivity index (χ2n) is 4.25. The largest absolute Gasteiger partial charge is 0.339 e. The van der Waals surface area contributed by atoms with Gasteiger partial charge in [-0.15, -0.1) is 0 Å². The maximum absolute atomic E-state index is 6.13. The van der Waals surface area contributed by atoms with Crippen molar-refractivity contribution in [1.82, 2.24) is 10.1 Å². The average molecular weight is 271 g/mol. The summed E-state index contributed by atoms with van der Waals surface area (Å²) >= 11 is 1.61. The molecule has 3 rings (SSSR count). The first-order valence-corrected chi connectivity index (χ1v) is 6.93. The third-order valence-corrected chi connectivity index (χ3v) is 3.55. The van der Waals surface area contributed by atoms with Crippen molar-refractivity contribution in [3.63, 3.8) is 0 Å². The molecule has 19 heavy (non-hydrogen) atoms. The van der Waals surface area contributed by atoms with E-state index >= 15 is 0 Å². The summed E-state index contributed by atoms with van der Waals surface area (Å²) in [4.78, 5) is 4.37. The fourth-order valence-corrected chi connectivity index (χ4v) is 2.49. The molecule has 0 bridgehead atoms. The van der Waals surface area contributed by atoms with Crippen molar-refractivity contribution in [2.75, 3.05) is 0 Å². The second-order valence-corrected chi connectivity index (χ2v) is 5.03. The molecule has 5 heteroatoms. The van der Waals surface area contributed by atoms with Crippen LogP contribution in [0.5, 0.6) is 0 Å². The molecule has 3 aromatic rings. The minimum atomic E-state index is -0.128. The Morgan fingerprint density at radius 2 is 2.05 bits per heavy atom. The van der Waals surface area contributed by atoms with Crippen LogP contribution in [-0.2, 0) is 6.42 Å². The fourth-order valence-electron chi connectivity index (χ4n) is 1.85. The molecule has 2 N–H and O–H groups in total. The maximum atomic E-state index is 6.13. The van der Waals surface area contributed by atoms with Gasteiger partial charge in [0.1, 0.15) is 0 Å². The second kappa shape index (κ2) is 5.34. The molecule has 1 atom stereocenters. The molecular weight excluding hydrogens is 258 g/mol. The first-order chi connectivity index (χ1) is 9.33. The van der Waals surface area contributed by atoms with Crippen LogP contribution in [0.4, 0.5) is 0 Å². The standard InChI is InChI=1S/C14H13N3OS/c15-12(10-4-2-1-3-5-10)8-13-16-14(17-18-13)11-6-7-19-9-11/h1-7,9,12H,8,15H2. The van der Waals surface area contributed by atoms with Crippen LogP contribution in [-0.4, -0.2) is 10.1 Å². The van der Waals surface area contributed by atoms with Gasteiger partial charge in [0.2, 0.25) is 11.7 Å². The Labute approximate surface area is 114 Å². The van der Waals surface area contributed by atoms with E-state index in [4.69, 9.17) is 10.3 Å². The van der Waals surface area contributed by atoms with E-state index in [1.807, 2.05) is 47.2 Å². The van der Waals surface area contributed by atoms with Crippen LogP contribution in [0, 0.1) is 0 Å². The summed E-state index contributed by atoms with van der Waals surface area (Å²) in [5, 5.41) is 7.95. The molecule has 2 aromatic heterocycles. The highest BCUT2D eigenvalue weighted by molar-refractivity contribution is 7.08. The summed E-state index contributed by atoms with van der Waals surface area (Å²) in [6.45, 7) is 0. The Bertz CT molecular complexity index is 634. The van der Waals surface area contributed by atoms with E-state index < -0.39 is 0 Å². The highest BCUT2D eigenvalue weighted by Crippen LogP contribution is 2.20. The van der Waals surface area contributed by atoms with Crippen LogP contribution in [0.2, 0.25) is 0 Å². The normalized spacial score (nSPS) is 12.5. The molecule has 0 saturated carbocycles. The highest BCUT2D eigenvalue weighted by atomic mass is 32.1. The minimum absolute atomic E-state index is 0.128. The molecule has 0 fully saturated rings. The Morgan fingerprint density at radius 3 is 2.79 bits per heavy atom. The van der Waals surface area contributed by atoms with E-state index in [9.17, 15) is 0 Å². The minimum Gasteiger partial charge on any atom is -0.339 e. The lowest BCUT2D eigenvalue weighted by Gasteiger charge is -2.08. The average Bonchev–Trinajstić information content (AvgIpc) is 3.10. The third kappa shape index (κ3) is 2.72. The number of hydrogen-bond donors (Lipinski definition) is 1. The molecular formula is C14H13N3OS. The van der Waals surface area contributed by atoms with Gasteiger partial charge >= 0.3 is 0 Å². The molecule has 96 valence electrons. The van der Waals surface area contributed by atoms with Gasteiger partial charge in [-0.3, -0.25) is 0 Å². The number of rotatable bonds is 4. The van der Waals surface area contributed by atoms with Gasteiger partial charge in [0, 0.05) is 23.4 Å². The van der Waals surface area contributed by atoms with Crippen molar-refractivity contribution in [3.05, 3.63) is 58.6 Å². The first-order valence-electron chi connectivity index (χ1n) is 5.98. The Morgan fingerprint density at radius 1 is 1.21 bits per heavy atom. The predicted octanol–water partition coefficient (Wildman–Crippen LogP) is 3.04. The van der Waals surface area contributed by atoms with Gasteiger partial charge in [-0.05, 0) is 17.0 Å². The van der Waals surface area contributed by atoms with Gasteiger partial charge in [0.05, 0.1) is 0 Å². The quantitative estimate of drug-likeness (QED) is 0.792. The van der Waals surface area contributed by atoms with Crippen LogP contribution >= 0.6 is 11.3 Å². The Hall–Kier alpha value is -1.98. The van der Waals surface area contributed by atoms with E-state index in [0.717, 1.165) is 11.1 Å². The lowest BCUT2D eigenvalue weighted by molar-refractivity contribution is 0.370. The predicted molar refractivity (Wildman–Crippen MR) is 74.7 cm³/mol. The third-order valence-electron chi connectivity index (χ3n) is 2.87. The molecule has 0 aliphatic carbocycles. The van der Waals surface area contributed by atoms with Crippen molar-refractivity contribution in [3.8, 4) is 11.4 Å². The number of hydrogen-bond acceptors (Lipinski definition) is 5. The van der Waals surface area contributed by atoms with Gasteiger partial charge in [-0.2, -0.15) is 16.3 Å². The zero-order valence-corrected chi connectivity index (χ0v) is 11.0. The number of thiophene rings is 1. The SMILES string of the molecule is NC(Cc1nc(-c2ccsc2)no1)c1ccccc1. The zero-order valence-electron chi connectivity index (χ0n) is 10.2. The number of nitrogens with zero attached hydrogens (tertiary/aromatic N) is 2. The van der Waals surface area contributed by atoms with Crippen molar-refractivity contribution in [2.45, 2.75) is 12.5 Å². The van der Waals surface area contributed by atoms with Gasteiger partial charge in [-0.1, -0.05) is 35.5 Å². The molecule has 0 saturated heterocycles. The molecule has 1 unspecified atom stereocenters. The molecule has 2 heterocycles. The molecule has 0 aliphatic heterocycles. The zero-order chi connectivity index (χ0) is 13.1. The summed E-state index contributed by atoms with van der Waals surface area (Å²) in [6.07, 6.45) is 0.543. The van der Waals surface area contributed by atoms with Gasteiger partial charge in [0.25, 0.3) is 0 Å². The first kappa shape index (κ1) is 12.1. The molecule has 1 aromatic carbocycles. The summed E-state index contributed by atoms with van der Waals surface area (Å²) < 4.78 is 5.24. The topological polar surface area (TPSA) is 64.9 Å². The lowest BCUT2D eigenvalue weighted by atomic mass is 10.1. The van der Waals surface area contributed by atoms with Crippen molar-refractivity contribution in [1.29, 1.82) is 0 Å². The van der Waals surface area contributed by atoms with Gasteiger partial charge in [0.15, 0.2) is 0 Å². The Balaban J connectivity index is 1.74. The van der Waals surface area contributed by atoms with Crippen molar-refractivity contribution >= 4 is 11.3 Å². The number of nitrogens with two attached hydrogens (primary N) is 1. The van der Waals surface area contributed by atoms with Crippen molar-refractivity contribution < 1.29 is 4.52 Å². The molecule has 0 spiro atoms. The van der Waals surface area contributed by atoms with Crippen molar-refractivity contribution in [2.24, 2.45) is 5.73 Å². The number of benzene rings is 1. The number of aromatic nitrogens is 2. The lowest BCUT2D eigenvalue weighted by Crippen LogP contribution is -2.13. The summed E-state index contributed by atoms with van der Waals surface area (Å²) in [7, 11) is 0. The monoisotopic (exact) mass is 271 g/mol. The van der Waals surface area contributed by atoms with Gasteiger partial charge < -0.3 is 10.3 Å².